The lowest BCUT2D eigenvalue weighted by Crippen LogP contribution is -2.24. The number of hydrogen-bond acceptors (Lipinski definition) is 3. The molecule has 0 aliphatic carbocycles. The number of carbonyl (C=O) groups is 1. The molecule has 0 spiro atoms. The van der Waals surface area contributed by atoms with E-state index in [0.717, 1.165) is 6.42 Å². The average Bonchev–Trinajstić information content (AvgIpc) is 2.42. The van der Waals surface area contributed by atoms with E-state index in [4.69, 9.17) is 4.74 Å². The minimum Gasteiger partial charge on any atom is -0.482 e. The maximum atomic E-state index is 12.5. The van der Waals surface area contributed by atoms with Gasteiger partial charge in [-0.05, 0) is 29.5 Å². The Kier molecular flexibility index (Phi) is 5.70. The Morgan fingerprint density at radius 2 is 1.71 bits per heavy atom. The van der Waals surface area contributed by atoms with Crippen molar-refractivity contribution < 1.29 is 23.0 Å². The number of ether oxygens (including phenoxy) is 2. The van der Waals surface area contributed by atoms with E-state index in [9.17, 15) is 13.6 Å². The van der Waals surface area contributed by atoms with Gasteiger partial charge in [0, 0.05) is 6.92 Å². The summed E-state index contributed by atoms with van der Waals surface area (Å²) in [5.41, 5.74) is 1.25. The molecule has 0 saturated carbocycles. The normalized spacial score (nSPS) is 12.1. The third-order valence-electron chi connectivity index (χ3n) is 3.36. The van der Waals surface area contributed by atoms with Crippen LogP contribution in [0.5, 0.6) is 5.75 Å². The van der Waals surface area contributed by atoms with Crippen LogP contribution in [-0.2, 0) is 14.9 Å². The number of alkyl halides is 2. The number of rotatable bonds is 7. The molecule has 0 aromatic heterocycles. The molecule has 0 unspecified atom stereocenters. The standard InChI is InChI=1S/C16H22F2O3/c1-5-15(2,3)12-6-8-13(9-7-12)20-10-14(19)21-11-16(4,17)18/h6-9H,5,10-11H2,1-4H3. The molecule has 21 heavy (non-hydrogen) atoms. The summed E-state index contributed by atoms with van der Waals surface area (Å²) in [6.45, 7) is 5.78. The second kappa shape index (κ2) is 6.87. The molecule has 1 aromatic rings. The monoisotopic (exact) mass is 300 g/mol. The molecule has 0 amide bonds. The van der Waals surface area contributed by atoms with E-state index in [2.05, 4.69) is 25.5 Å². The highest BCUT2D eigenvalue weighted by atomic mass is 19.3. The summed E-state index contributed by atoms with van der Waals surface area (Å²) in [6, 6.07) is 7.39. The first-order valence-electron chi connectivity index (χ1n) is 6.91. The molecule has 0 fully saturated rings. The predicted molar refractivity (Wildman–Crippen MR) is 76.8 cm³/mol. The zero-order chi connectivity index (χ0) is 16.1. The topological polar surface area (TPSA) is 35.5 Å². The van der Waals surface area contributed by atoms with Gasteiger partial charge in [-0.25, -0.2) is 13.6 Å². The lowest BCUT2D eigenvalue weighted by atomic mass is 9.82. The molecule has 0 aliphatic heterocycles. The highest BCUT2D eigenvalue weighted by Gasteiger charge is 2.23. The fourth-order valence-corrected chi connectivity index (χ4v) is 1.60. The van der Waals surface area contributed by atoms with Crippen molar-refractivity contribution in [2.75, 3.05) is 13.2 Å². The first kappa shape index (κ1) is 17.4. The van der Waals surface area contributed by atoms with Crippen molar-refractivity contribution in [3.8, 4) is 5.75 Å². The summed E-state index contributed by atoms with van der Waals surface area (Å²) in [6.07, 6.45) is 1.00. The van der Waals surface area contributed by atoms with Crippen molar-refractivity contribution in [1.29, 1.82) is 0 Å². The van der Waals surface area contributed by atoms with Crippen LogP contribution in [0.25, 0.3) is 0 Å². The van der Waals surface area contributed by atoms with Crippen LogP contribution in [0.4, 0.5) is 8.78 Å². The summed E-state index contributed by atoms with van der Waals surface area (Å²) in [7, 11) is 0. The minimum atomic E-state index is -3.02. The molecule has 0 bridgehead atoms. The van der Waals surface area contributed by atoms with E-state index in [1.54, 1.807) is 12.1 Å². The average molecular weight is 300 g/mol. The summed E-state index contributed by atoms with van der Waals surface area (Å²) in [5, 5.41) is 0. The maximum absolute atomic E-state index is 12.5. The van der Waals surface area contributed by atoms with Crippen LogP contribution in [0, 0.1) is 0 Å². The van der Waals surface area contributed by atoms with E-state index < -0.39 is 18.5 Å². The molecular weight excluding hydrogens is 278 g/mol. The maximum Gasteiger partial charge on any atom is 0.344 e. The summed E-state index contributed by atoms with van der Waals surface area (Å²) >= 11 is 0. The minimum absolute atomic E-state index is 0.0736. The predicted octanol–water partition coefficient (Wildman–Crippen LogP) is 3.95. The Morgan fingerprint density at radius 3 is 2.19 bits per heavy atom. The summed E-state index contributed by atoms with van der Waals surface area (Å²) in [5.74, 6) is -3.33. The van der Waals surface area contributed by atoms with Gasteiger partial charge in [-0.15, -0.1) is 0 Å². The molecular formula is C16H22F2O3. The molecule has 0 atom stereocenters. The van der Waals surface area contributed by atoms with Crippen LogP contribution in [0.2, 0.25) is 0 Å². The summed E-state index contributed by atoms with van der Waals surface area (Å²) < 4.78 is 34.7. The second-order valence-corrected chi connectivity index (χ2v) is 5.78. The Bertz CT molecular complexity index is 461. The molecule has 0 radical (unpaired) electrons. The quantitative estimate of drug-likeness (QED) is 0.715. The van der Waals surface area contributed by atoms with Crippen molar-refractivity contribution >= 4 is 5.97 Å². The van der Waals surface area contributed by atoms with Gasteiger partial charge < -0.3 is 9.47 Å². The van der Waals surface area contributed by atoms with E-state index in [1.165, 1.54) is 5.56 Å². The molecule has 0 heterocycles. The van der Waals surface area contributed by atoms with E-state index >= 15 is 0 Å². The highest BCUT2D eigenvalue weighted by molar-refractivity contribution is 5.71. The number of benzene rings is 1. The fourth-order valence-electron chi connectivity index (χ4n) is 1.60. The van der Waals surface area contributed by atoms with Gasteiger partial charge in [0.2, 0.25) is 0 Å². The van der Waals surface area contributed by atoms with Crippen LogP contribution >= 0.6 is 0 Å². The number of carbonyl (C=O) groups excluding carboxylic acids is 1. The summed E-state index contributed by atoms with van der Waals surface area (Å²) in [4.78, 5) is 11.3. The third kappa shape index (κ3) is 6.10. The number of halogens is 2. The van der Waals surface area contributed by atoms with Crippen molar-refractivity contribution in [2.45, 2.75) is 45.5 Å². The van der Waals surface area contributed by atoms with Crippen LogP contribution in [-0.4, -0.2) is 25.1 Å². The number of hydrogen-bond donors (Lipinski definition) is 0. The zero-order valence-corrected chi connectivity index (χ0v) is 12.9. The Morgan fingerprint density at radius 1 is 1.14 bits per heavy atom. The zero-order valence-electron chi connectivity index (χ0n) is 12.9. The Labute approximate surface area is 124 Å². The Balaban J connectivity index is 2.48. The highest BCUT2D eigenvalue weighted by Crippen LogP contribution is 2.28. The lowest BCUT2D eigenvalue weighted by Gasteiger charge is -2.23. The molecule has 118 valence electrons. The van der Waals surface area contributed by atoms with Gasteiger partial charge in [0.1, 0.15) is 5.75 Å². The molecule has 1 aromatic carbocycles. The van der Waals surface area contributed by atoms with Crippen molar-refractivity contribution in [3.63, 3.8) is 0 Å². The van der Waals surface area contributed by atoms with Gasteiger partial charge in [0.25, 0.3) is 5.92 Å². The van der Waals surface area contributed by atoms with Gasteiger partial charge in [0.15, 0.2) is 13.2 Å². The van der Waals surface area contributed by atoms with Gasteiger partial charge in [-0.1, -0.05) is 32.9 Å². The van der Waals surface area contributed by atoms with Crippen LogP contribution in [0.1, 0.15) is 39.7 Å². The lowest BCUT2D eigenvalue weighted by molar-refractivity contribution is -0.155. The SMILES string of the molecule is CCC(C)(C)c1ccc(OCC(=O)OCC(C)(F)F)cc1. The van der Waals surface area contributed by atoms with Gasteiger partial charge in [-0.3, -0.25) is 0 Å². The fraction of sp³-hybridized carbons (Fsp3) is 0.562. The van der Waals surface area contributed by atoms with Crippen molar-refractivity contribution in [2.24, 2.45) is 0 Å². The van der Waals surface area contributed by atoms with Gasteiger partial charge >= 0.3 is 5.97 Å². The Hall–Kier alpha value is -1.65. The van der Waals surface area contributed by atoms with Crippen LogP contribution in [0.3, 0.4) is 0 Å². The van der Waals surface area contributed by atoms with E-state index in [1.807, 2.05) is 12.1 Å². The van der Waals surface area contributed by atoms with Crippen LogP contribution in [0.15, 0.2) is 24.3 Å². The van der Waals surface area contributed by atoms with E-state index in [0.29, 0.717) is 12.7 Å². The smallest absolute Gasteiger partial charge is 0.344 e. The number of esters is 1. The van der Waals surface area contributed by atoms with Crippen molar-refractivity contribution in [3.05, 3.63) is 29.8 Å². The van der Waals surface area contributed by atoms with Gasteiger partial charge in [0.05, 0.1) is 0 Å². The largest absolute Gasteiger partial charge is 0.482 e. The van der Waals surface area contributed by atoms with Gasteiger partial charge in [-0.2, -0.15) is 0 Å². The van der Waals surface area contributed by atoms with Crippen LogP contribution < -0.4 is 4.74 Å². The molecule has 5 heteroatoms. The molecule has 0 saturated heterocycles. The van der Waals surface area contributed by atoms with E-state index in [-0.39, 0.29) is 12.0 Å². The molecule has 0 N–H and O–H groups in total. The second-order valence-electron chi connectivity index (χ2n) is 5.78. The molecule has 1 rings (SSSR count). The first-order valence-corrected chi connectivity index (χ1v) is 6.91. The van der Waals surface area contributed by atoms with Crippen molar-refractivity contribution in [1.82, 2.24) is 0 Å². The third-order valence-corrected chi connectivity index (χ3v) is 3.36. The first-order chi connectivity index (χ1) is 9.64. The molecule has 0 aliphatic rings. The molecule has 3 nitrogen and oxygen atoms in total.